The first-order valence-corrected chi connectivity index (χ1v) is 14.5. The number of amides is 4. The topological polar surface area (TPSA) is 113 Å². The van der Waals surface area contributed by atoms with E-state index >= 15 is 0 Å². The minimum atomic E-state index is -3.30. The summed E-state index contributed by atoms with van der Waals surface area (Å²) in [5.74, 6) is -3.92. The third-order valence-corrected chi connectivity index (χ3v) is 10.9. The number of hydrogen-bond donors (Lipinski definition) is 1. The third kappa shape index (κ3) is 4.84. The van der Waals surface area contributed by atoms with E-state index in [0.717, 1.165) is 7.05 Å². The maximum Gasteiger partial charge on any atom is 0.337 e. The van der Waals surface area contributed by atoms with E-state index < -0.39 is 43.1 Å². The van der Waals surface area contributed by atoms with Crippen LogP contribution in [0.5, 0.6) is 0 Å². The Balaban J connectivity index is 2.21. The predicted molar refractivity (Wildman–Crippen MR) is 152 cm³/mol. The second kappa shape index (κ2) is 12.1. The van der Waals surface area contributed by atoms with Crippen LogP contribution in [-0.4, -0.2) is 65.0 Å². The van der Waals surface area contributed by atoms with Gasteiger partial charge in [-0.05, 0) is 50.2 Å². The minimum absolute atomic E-state index is 0.0178. The molecule has 1 atom stereocenters. The second-order valence-electron chi connectivity index (χ2n) is 8.78. The number of urea groups is 1. The quantitative estimate of drug-likeness (QED) is 0.133. The van der Waals surface area contributed by atoms with Gasteiger partial charge in [0.15, 0.2) is 7.26 Å². The monoisotopic (exact) mass is 561 g/mol. The van der Waals surface area contributed by atoms with Crippen LogP contribution in [0.25, 0.3) is 0 Å². The molecule has 40 heavy (non-hydrogen) atoms. The summed E-state index contributed by atoms with van der Waals surface area (Å²) in [6, 6.07) is 24.8. The number of likely N-dealkylation sites (N-methyl/N-ethyl adjacent to an activating group) is 1. The van der Waals surface area contributed by atoms with Gasteiger partial charge in [-0.1, -0.05) is 54.6 Å². The highest BCUT2D eigenvalue weighted by Gasteiger charge is 2.62. The molecular formula is C30H30N2O7P+. The van der Waals surface area contributed by atoms with Crippen molar-refractivity contribution in [3.63, 3.8) is 0 Å². The van der Waals surface area contributed by atoms with Crippen LogP contribution in [0.2, 0.25) is 0 Å². The third-order valence-electron chi connectivity index (χ3n) is 6.52. The number of benzene rings is 3. The molecule has 1 N–H and O–H groups in total. The minimum Gasteiger partial charge on any atom is -0.478 e. The summed E-state index contributed by atoms with van der Waals surface area (Å²) in [5.41, 5.74) is 0. The van der Waals surface area contributed by atoms with Gasteiger partial charge in [0, 0.05) is 7.05 Å². The van der Waals surface area contributed by atoms with Crippen LogP contribution >= 0.6 is 7.26 Å². The maximum absolute atomic E-state index is 13.8. The molecular weight excluding hydrogens is 531 g/mol. The van der Waals surface area contributed by atoms with Crippen LogP contribution < -0.4 is 15.9 Å². The SMILES string of the molecule is CCOC(=O)C(/C(=C(/O)OCC)[P+](c1ccccc1)(c1ccccc1)c1ccccc1)N1C(=O)C(=O)N(C)C1=O. The van der Waals surface area contributed by atoms with Gasteiger partial charge in [-0.3, -0.25) is 14.5 Å². The van der Waals surface area contributed by atoms with Crippen LogP contribution in [0.3, 0.4) is 0 Å². The molecule has 0 bridgehead atoms. The van der Waals surface area contributed by atoms with Gasteiger partial charge in [0.05, 0.1) is 13.2 Å². The molecule has 0 saturated carbocycles. The van der Waals surface area contributed by atoms with Gasteiger partial charge in [0.1, 0.15) is 15.9 Å². The van der Waals surface area contributed by atoms with Crippen LogP contribution in [0.1, 0.15) is 13.8 Å². The molecule has 1 fully saturated rings. The van der Waals surface area contributed by atoms with Gasteiger partial charge in [0.25, 0.3) is 0 Å². The van der Waals surface area contributed by atoms with Crippen molar-refractivity contribution in [1.29, 1.82) is 0 Å². The number of rotatable bonds is 10. The Morgan fingerprint density at radius 2 is 1.18 bits per heavy atom. The van der Waals surface area contributed by atoms with E-state index in [1.165, 1.54) is 0 Å². The standard InChI is InChI=1S/C30H29N2O7P/c1-4-38-28(35)24(32-27(34)26(33)31(3)30(32)37)25(29(36)39-5-2)40(21-15-9-6-10-16-21,22-17-11-7-12-18-22)23-19-13-8-14-20-23/h6-20,24H,4-5H2,1-3H3/p+1/b29-25+. The number of carbonyl (C=O) groups excluding carboxylic acids is 4. The lowest BCUT2D eigenvalue weighted by Crippen LogP contribution is -2.51. The average Bonchev–Trinajstić information content (AvgIpc) is 3.17. The predicted octanol–water partition coefficient (Wildman–Crippen LogP) is 3.10. The van der Waals surface area contributed by atoms with Crippen molar-refractivity contribution in [3.8, 4) is 0 Å². The molecule has 10 heteroatoms. The number of aliphatic hydroxyl groups is 1. The zero-order chi connectivity index (χ0) is 28.9. The Kier molecular flexibility index (Phi) is 8.65. The Bertz CT molecular complexity index is 1330. The number of aliphatic hydroxyl groups excluding tert-OH is 1. The van der Waals surface area contributed by atoms with Gasteiger partial charge >= 0.3 is 29.8 Å². The fraction of sp³-hybridized carbons (Fsp3) is 0.200. The summed E-state index contributed by atoms with van der Waals surface area (Å²) in [4.78, 5) is 54.3. The summed E-state index contributed by atoms with van der Waals surface area (Å²) in [6.07, 6.45) is 0. The molecule has 4 amide bonds. The van der Waals surface area contributed by atoms with E-state index in [-0.39, 0.29) is 18.5 Å². The molecule has 0 aromatic heterocycles. The lowest BCUT2D eigenvalue weighted by Gasteiger charge is -2.34. The highest BCUT2D eigenvalue weighted by atomic mass is 31.2. The zero-order valence-electron chi connectivity index (χ0n) is 22.4. The van der Waals surface area contributed by atoms with Gasteiger partial charge < -0.3 is 14.6 Å². The lowest BCUT2D eigenvalue weighted by atomic mass is 10.2. The first-order valence-electron chi connectivity index (χ1n) is 12.7. The zero-order valence-corrected chi connectivity index (χ0v) is 23.3. The molecule has 0 spiro atoms. The number of esters is 1. The molecule has 9 nitrogen and oxygen atoms in total. The maximum atomic E-state index is 13.8. The molecule has 1 aliphatic rings. The van der Waals surface area contributed by atoms with Crippen molar-refractivity contribution in [2.45, 2.75) is 19.9 Å². The largest absolute Gasteiger partial charge is 0.478 e. The van der Waals surface area contributed by atoms with Crippen LogP contribution in [0.15, 0.2) is 102 Å². The van der Waals surface area contributed by atoms with Gasteiger partial charge in [0.2, 0.25) is 11.4 Å². The molecule has 1 heterocycles. The summed E-state index contributed by atoms with van der Waals surface area (Å²) in [5, 5.41) is 13.8. The highest BCUT2D eigenvalue weighted by Crippen LogP contribution is 2.65. The molecule has 3 aromatic rings. The molecule has 1 aliphatic heterocycles. The highest BCUT2D eigenvalue weighted by molar-refractivity contribution is 7.99. The lowest BCUT2D eigenvalue weighted by molar-refractivity contribution is -0.151. The number of carbonyl (C=O) groups is 4. The van der Waals surface area contributed by atoms with Crippen molar-refractivity contribution in [1.82, 2.24) is 9.80 Å². The van der Waals surface area contributed by atoms with Crippen LogP contribution in [0.4, 0.5) is 4.79 Å². The van der Waals surface area contributed by atoms with E-state index in [0.29, 0.717) is 25.7 Å². The molecule has 0 radical (unpaired) electrons. The molecule has 1 unspecified atom stereocenters. The van der Waals surface area contributed by atoms with E-state index in [1.54, 1.807) is 13.8 Å². The van der Waals surface area contributed by atoms with Crippen molar-refractivity contribution in [2.24, 2.45) is 0 Å². The van der Waals surface area contributed by atoms with E-state index in [1.807, 2.05) is 91.0 Å². The fourth-order valence-corrected chi connectivity index (χ4v) is 9.37. The fourth-order valence-electron chi connectivity index (χ4n) is 4.84. The van der Waals surface area contributed by atoms with Crippen LogP contribution in [0, 0.1) is 0 Å². The summed E-state index contributed by atoms with van der Waals surface area (Å²) < 4.78 is 11.1. The van der Waals surface area contributed by atoms with Crippen molar-refractivity contribution in [2.75, 3.05) is 20.3 Å². The second-order valence-corrected chi connectivity index (χ2v) is 12.1. The average molecular weight is 562 g/mol. The Morgan fingerprint density at radius 3 is 1.52 bits per heavy atom. The number of nitrogens with zero attached hydrogens (tertiary/aromatic N) is 2. The number of imide groups is 2. The van der Waals surface area contributed by atoms with Crippen molar-refractivity contribution >= 4 is 47.0 Å². The van der Waals surface area contributed by atoms with Crippen molar-refractivity contribution in [3.05, 3.63) is 102 Å². The molecule has 1 saturated heterocycles. The number of hydrogen-bond acceptors (Lipinski definition) is 7. The van der Waals surface area contributed by atoms with Gasteiger partial charge in [-0.15, -0.1) is 0 Å². The Morgan fingerprint density at radius 1 is 0.750 bits per heavy atom. The van der Waals surface area contributed by atoms with Gasteiger partial charge in [-0.2, -0.15) is 0 Å². The molecule has 3 aromatic carbocycles. The molecule has 0 aliphatic carbocycles. The Labute approximate surface area is 233 Å². The van der Waals surface area contributed by atoms with Crippen molar-refractivity contribution < 1.29 is 33.8 Å². The smallest absolute Gasteiger partial charge is 0.337 e. The van der Waals surface area contributed by atoms with Gasteiger partial charge in [-0.25, -0.2) is 14.5 Å². The first kappa shape index (κ1) is 28.5. The van der Waals surface area contributed by atoms with E-state index in [2.05, 4.69) is 0 Å². The van der Waals surface area contributed by atoms with Crippen LogP contribution in [-0.2, 0) is 23.9 Å². The molecule has 4 rings (SSSR count). The summed E-state index contributed by atoms with van der Waals surface area (Å²) >= 11 is 0. The normalized spacial score (nSPS) is 15.1. The van der Waals surface area contributed by atoms with E-state index in [9.17, 15) is 24.3 Å². The first-order chi connectivity index (χ1) is 19.3. The number of ether oxygens (including phenoxy) is 2. The summed E-state index contributed by atoms with van der Waals surface area (Å²) in [7, 11) is -2.14. The molecule has 206 valence electrons. The van der Waals surface area contributed by atoms with E-state index in [4.69, 9.17) is 9.47 Å². The Hall–Kier alpha value is -4.49. The summed E-state index contributed by atoms with van der Waals surface area (Å²) in [6.45, 7) is 3.18.